The predicted molar refractivity (Wildman–Crippen MR) is 54.6 cm³/mol. The molecule has 0 fully saturated rings. The summed E-state index contributed by atoms with van der Waals surface area (Å²) in [7, 11) is 1.40. The Bertz CT molecular complexity index is 313. The van der Waals surface area contributed by atoms with Crippen LogP contribution in [0.4, 0.5) is 13.2 Å². The zero-order valence-electron chi connectivity index (χ0n) is 8.91. The zero-order chi connectivity index (χ0) is 12.2. The van der Waals surface area contributed by atoms with Crippen LogP contribution in [0.1, 0.15) is 5.56 Å². The topological polar surface area (TPSA) is 42.2 Å². The van der Waals surface area contributed by atoms with Crippen LogP contribution in [0.5, 0.6) is 0 Å². The van der Waals surface area contributed by atoms with E-state index in [9.17, 15) is 13.2 Å². The van der Waals surface area contributed by atoms with Crippen molar-refractivity contribution in [2.45, 2.75) is 18.8 Å². The van der Waals surface area contributed by atoms with Gasteiger partial charge in [-0.25, -0.2) is 0 Å². The maximum absolute atomic E-state index is 12.5. The number of hydrogen-bond acceptors (Lipinski definition) is 3. The van der Waals surface area contributed by atoms with Crippen LogP contribution in [-0.2, 0) is 6.54 Å². The summed E-state index contributed by atoms with van der Waals surface area (Å²) in [5.41, 5.74) is 5.87. The highest BCUT2D eigenvalue weighted by Gasteiger charge is 2.41. The molecule has 0 saturated heterocycles. The molecule has 0 bridgehead atoms. The Balaban J connectivity index is 2.67. The molecule has 90 valence electrons. The molecule has 6 heteroatoms. The summed E-state index contributed by atoms with van der Waals surface area (Å²) in [4.78, 5) is 5.02. The van der Waals surface area contributed by atoms with Gasteiger partial charge in [0.15, 0.2) is 0 Å². The molecule has 1 aromatic rings. The highest BCUT2D eigenvalue weighted by atomic mass is 19.4. The Labute approximate surface area is 92.1 Å². The molecule has 0 aromatic carbocycles. The molecule has 0 saturated carbocycles. The third-order valence-corrected chi connectivity index (χ3v) is 2.29. The lowest BCUT2D eigenvalue weighted by molar-refractivity contribution is -0.178. The lowest BCUT2D eigenvalue weighted by Gasteiger charge is -2.28. The van der Waals surface area contributed by atoms with Gasteiger partial charge in [0.1, 0.15) is 6.04 Å². The van der Waals surface area contributed by atoms with E-state index in [1.165, 1.54) is 11.9 Å². The zero-order valence-corrected chi connectivity index (χ0v) is 8.91. The summed E-state index contributed by atoms with van der Waals surface area (Å²) in [5, 5.41) is 0. The predicted octanol–water partition coefficient (Wildman–Crippen LogP) is 1.40. The van der Waals surface area contributed by atoms with Gasteiger partial charge in [0.2, 0.25) is 0 Å². The number of rotatable bonds is 4. The molecule has 0 radical (unpaired) electrons. The van der Waals surface area contributed by atoms with Crippen molar-refractivity contribution in [1.29, 1.82) is 0 Å². The molecule has 1 atom stereocenters. The minimum atomic E-state index is -4.30. The van der Waals surface area contributed by atoms with Crippen LogP contribution in [0, 0.1) is 0 Å². The number of aromatic nitrogens is 1. The molecule has 1 unspecified atom stereocenters. The first-order valence-electron chi connectivity index (χ1n) is 4.81. The summed E-state index contributed by atoms with van der Waals surface area (Å²) >= 11 is 0. The lowest BCUT2D eigenvalue weighted by atomic mass is 10.2. The number of halogens is 3. The smallest absolute Gasteiger partial charge is 0.329 e. The molecule has 0 aliphatic heterocycles. The number of nitrogens with zero attached hydrogens (tertiary/aromatic N) is 2. The Hall–Kier alpha value is -1.14. The summed E-state index contributed by atoms with van der Waals surface area (Å²) in [6.45, 7) is -0.268. The van der Waals surface area contributed by atoms with E-state index in [0.29, 0.717) is 0 Å². The van der Waals surface area contributed by atoms with Crippen LogP contribution in [0.15, 0.2) is 24.5 Å². The van der Waals surface area contributed by atoms with Gasteiger partial charge in [-0.3, -0.25) is 9.88 Å². The number of nitrogens with two attached hydrogens (primary N) is 1. The average Bonchev–Trinajstić information content (AvgIpc) is 2.17. The minimum Gasteiger partial charge on any atom is -0.329 e. The van der Waals surface area contributed by atoms with E-state index in [0.717, 1.165) is 5.56 Å². The first kappa shape index (κ1) is 12.9. The second-order valence-electron chi connectivity index (χ2n) is 3.57. The van der Waals surface area contributed by atoms with E-state index in [1.807, 2.05) is 0 Å². The van der Waals surface area contributed by atoms with Gasteiger partial charge in [0, 0.05) is 25.5 Å². The van der Waals surface area contributed by atoms with Gasteiger partial charge in [0.25, 0.3) is 0 Å². The van der Waals surface area contributed by atoms with Gasteiger partial charge in [-0.2, -0.15) is 13.2 Å². The summed E-state index contributed by atoms with van der Waals surface area (Å²) in [6.07, 6.45) is -1.18. The molecule has 16 heavy (non-hydrogen) atoms. The highest BCUT2D eigenvalue weighted by molar-refractivity contribution is 5.08. The summed E-state index contributed by atoms with van der Waals surface area (Å²) in [5.74, 6) is 0. The Morgan fingerprint density at radius 1 is 1.50 bits per heavy atom. The largest absolute Gasteiger partial charge is 0.405 e. The van der Waals surface area contributed by atoms with Crippen LogP contribution in [0.25, 0.3) is 0 Å². The molecular formula is C10H14F3N3. The van der Waals surface area contributed by atoms with E-state index in [-0.39, 0.29) is 6.54 Å². The number of pyridine rings is 1. The number of hydrogen-bond donors (Lipinski definition) is 1. The van der Waals surface area contributed by atoms with E-state index >= 15 is 0 Å². The van der Waals surface area contributed by atoms with E-state index in [2.05, 4.69) is 4.98 Å². The lowest BCUT2D eigenvalue weighted by Crippen LogP contribution is -2.48. The minimum absolute atomic E-state index is 0.176. The second-order valence-corrected chi connectivity index (χ2v) is 3.57. The average molecular weight is 233 g/mol. The number of alkyl halides is 3. The van der Waals surface area contributed by atoms with Gasteiger partial charge in [-0.1, -0.05) is 6.07 Å². The van der Waals surface area contributed by atoms with Gasteiger partial charge in [0.05, 0.1) is 0 Å². The van der Waals surface area contributed by atoms with Crippen molar-refractivity contribution in [3.05, 3.63) is 30.1 Å². The quantitative estimate of drug-likeness (QED) is 0.854. The molecule has 0 spiro atoms. The Morgan fingerprint density at radius 2 is 2.19 bits per heavy atom. The molecule has 1 heterocycles. The van der Waals surface area contributed by atoms with Crippen LogP contribution in [0.3, 0.4) is 0 Å². The molecular weight excluding hydrogens is 219 g/mol. The van der Waals surface area contributed by atoms with E-state index in [1.54, 1.807) is 24.5 Å². The van der Waals surface area contributed by atoms with Crippen molar-refractivity contribution >= 4 is 0 Å². The summed E-state index contributed by atoms with van der Waals surface area (Å²) < 4.78 is 37.6. The molecule has 0 amide bonds. The fourth-order valence-corrected chi connectivity index (χ4v) is 1.45. The van der Waals surface area contributed by atoms with Crippen molar-refractivity contribution < 1.29 is 13.2 Å². The second kappa shape index (κ2) is 5.27. The van der Waals surface area contributed by atoms with Crippen LogP contribution in [-0.4, -0.2) is 35.7 Å². The van der Waals surface area contributed by atoms with Crippen LogP contribution < -0.4 is 5.73 Å². The number of likely N-dealkylation sites (N-methyl/N-ethyl adjacent to an activating group) is 1. The molecule has 2 N–H and O–H groups in total. The van der Waals surface area contributed by atoms with Crippen molar-refractivity contribution in [3.63, 3.8) is 0 Å². The maximum atomic E-state index is 12.5. The van der Waals surface area contributed by atoms with Crippen molar-refractivity contribution in [2.75, 3.05) is 13.6 Å². The molecule has 1 aromatic heterocycles. The van der Waals surface area contributed by atoms with Gasteiger partial charge in [-0.15, -0.1) is 0 Å². The third kappa shape index (κ3) is 3.46. The maximum Gasteiger partial charge on any atom is 0.405 e. The Kier molecular flexibility index (Phi) is 4.26. The highest BCUT2D eigenvalue weighted by Crippen LogP contribution is 2.24. The van der Waals surface area contributed by atoms with Crippen molar-refractivity contribution in [3.8, 4) is 0 Å². The monoisotopic (exact) mass is 233 g/mol. The van der Waals surface area contributed by atoms with Gasteiger partial charge >= 0.3 is 6.18 Å². The SMILES string of the molecule is CN(Cc1cccnc1)C(CN)C(F)(F)F. The molecule has 0 aliphatic carbocycles. The standard InChI is InChI=1S/C10H14F3N3/c1-16(9(5-14)10(11,12)13)7-8-3-2-4-15-6-8/h2-4,6,9H,5,7,14H2,1H3. The molecule has 1 rings (SSSR count). The molecule has 0 aliphatic rings. The Morgan fingerprint density at radius 3 is 2.62 bits per heavy atom. The van der Waals surface area contributed by atoms with Crippen LogP contribution in [0.2, 0.25) is 0 Å². The molecule has 3 nitrogen and oxygen atoms in total. The van der Waals surface area contributed by atoms with E-state index in [4.69, 9.17) is 5.73 Å². The van der Waals surface area contributed by atoms with Crippen LogP contribution >= 0.6 is 0 Å². The normalized spacial score (nSPS) is 14.1. The first-order chi connectivity index (χ1) is 7.45. The fraction of sp³-hybridized carbons (Fsp3) is 0.500. The van der Waals surface area contributed by atoms with Crippen molar-refractivity contribution in [2.24, 2.45) is 5.73 Å². The fourth-order valence-electron chi connectivity index (χ4n) is 1.45. The van der Waals surface area contributed by atoms with Gasteiger partial charge < -0.3 is 5.73 Å². The third-order valence-electron chi connectivity index (χ3n) is 2.29. The first-order valence-corrected chi connectivity index (χ1v) is 4.81. The summed E-state index contributed by atoms with van der Waals surface area (Å²) in [6, 6.07) is 1.80. The van der Waals surface area contributed by atoms with Crippen molar-refractivity contribution in [1.82, 2.24) is 9.88 Å². The van der Waals surface area contributed by atoms with E-state index < -0.39 is 18.8 Å². The van der Waals surface area contributed by atoms with Gasteiger partial charge in [-0.05, 0) is 18.7 Å².